The van der Waals surface area contributed by atoms with Crippen molar-refractivity contribution in [1.29, 1.82) is 0 Å². The highest BCUT2D eigenvalue weighted by atomic mass is 16.5. The van der Waals surface area contributed by atoms with Gasteiger partial charge in [-0.1, -0.05) is 0 Å². The topological polar surface area (TPSA) is 66.8 Å². The molecule has 0 saturated carbocycles. The maximum absolute atomic E-state index is 11.3. The summed E-state index contributed by atoms with van der Waals surface area (Å²) >= 11 is 0. The van der Waals surface area contributed by atoms with Crippen LogP contribution in [0.15, 0.2) is 0 Å². The van der Waals surface area contributed by atoms with Gasteiger partial charge in [-0.05, 0) is 13.4 Å². The van der Waals surface area contributed by atoms with Crippen LogP contribution in [0, 0.1) is 0 Å². The number of ether oxygens (including phenoxy) is 1. The van der Waals surface area contributed by atoms with E-state index in [1.807, 2.05) is 0 Å². The zero-order valence-corrected chi connectivity index (χ0v) is 8.40. The molecule has 1 heterocycles. The van der Waals surface area contributed by atoms with Gasteiger partial charge in [-0.2, -0.15) is 0 Å². The molecule has 1 N–H and O–H groups in total. The van der Waals surface area contributed by atoms with E-state index in [1.54, 1.807) is 11.6 Å². The van der Waals surface area contributed by atoms with Crippen LogP contribution < -0.4 is 0 Å². The summed E-state index contributed by atoms with van der Waals surface area (Å²) in [5, 5.41) is 9.39. The molecule has 1 unspecified atom stereocenters. The Kier molecular flexibility index (Phi) is 3.65. The second-order valence-electron chi connectivity index (χ2n) is 3.40. The standard InChI is InChI=1S/C8H14BNO4/c1-9(13)10-4-3-6(11)5-7(10)8(12)14-2/h7,13H,3-5H2,1-2H3. The van der Waals surface area contributed by atoms with Crippen LogP contribution in [-0.4, -0.2) is 48.3 Å². The third-order valence-electron chi connectivity index (χ3n) is 2.42. The first-order valence-electron chi connectivity index (χ1n) is 4.59. The van der Waals surface area contributed by atoms with Crippen LogP contribution in [0.2, 0.25) is 6.82 Å². The van der Waals surface area contributed by atoms with Crippen LogP contribution in [0.3, 0.4) is 0 Å². The lowest BCUT2D eigenvalue weighted by Gasteiger charge is -2.33. The Hall–Kier alpha value is -0.875. The monoisotopic (exact) mass is 199 g/mol. The fraction of sp³-hybridized carbons (Fsp3) is 0.750. The Morgan fingerprint density at radius 3 is 2.86 bits per heavy atom. The number of methoxy groups -OCH3 is 1. The summed E-state index contributed by atoms with van der Waals surface area (Å²) in [5.74, 6) is -0.420. The Morgan fingerprint density at radius 2 is 2.36 bits per heavy atom. The van der Waals surface area contributed by atoms with E-state index in [4.69, 9.17) is 0 Å². The van der Waals surface area contributed by atoms with Crippen molar-refractivity contribution in [3.8, 4) is 0 Å². The van der Waals surface area contributed by atoms with E-state index in [9.17, 15) is 14.6 Å². The van der Waals surface area contributed by atoms with Crippen molar-refractivity contribution in [2.24, 2.45) is 0 Å². The summed E-state index contributed by atoms with van der Waals surface area (Å²) in [7, 11) is 0.550. The fourth-order valence-corrected chi connectivity index (χ4v) is 1.65. The number of carbonyl (C=O) groups excluding carboxylic acids is 2. The summed E-state index contributed by atoms with van der Waals surface area (Å²) in [6.45, 7) is 1.99. The van der Waals surface area contributed by atoms with Gasteiger partial charge in [-0.3, -0.25) is 9.59 Å². The molecule has 0 amide bonds. The number of hydrogen-bond acceptors (Lipinski definition) is 5. The second kappa shape index (κ2) is 4.57. The SMILES string of the molecule is COC(=O)C1CC(=O)CCN1B(C)O. The van der Waals surface area contributed by atoms with E-state index in [-0.39, 0.29) is 12.2 Å². The van der Waals surface area contributed by atoms with Crippen molar-refractivity contribution in [1.82, 2.24) is 4.81 Å². The molecule has 1 rings (SSSR count). The third-order valence-corrected chi connectivity index (χ3v) is 2.42. The molecule has 6 heteroatoms. The zero-order chi connectivity index (χ0) is 10.7. The lowest BCUT2D eigenvalue weighted by molar-refractivity contribution is -0.148. The van der Waals surface area contributed by atoms with Crippen molar-refractivity contribution < 1.29 is 19.3 Å². The van der Waals surface area contributed by atoms with E-state index < -0.39 is 19.1 Å². The van der Waals surface area contributed by atoms with Crippen LogP contribution in [-0.2, 0) is 14.3 Å². The zero-order valence-electron chi connectivity index (χ0n) is 8.40. The van der Waals surface area contributed by atoms with Gasteiger partial charge in [0, 0.05) is 12.8 Å². The minimum Gasteiger partial charge on any atom is -0.468 e. The molecule has 0 spiro atoms. The molecule has 78 valence electrons. The smallest absolute Gasteiger partial charge is 0.377 e. The first-order chi connectivity index (χ1) is 6.56. The number of nitrogens with zero attached hydrogens (tertiary/aromatic N) is 1. The van der Waals surface area contributed by atoms with E-state index in [0.717, 1.165) is 0 Å². The molecule has 5 nitrogen and oxygen atoms in total. The predicted molar refractivity (Wildman–Crippen MR) is 50.6 cm³/mol. The molecule has 0 aliphatic carbocycles. The summed E-state index contributed by atoms with van der Waals surface area (Å²) in [6.07, 6.45) is 0.524. The number of carbonyl (C=O) groups is 2. The highest BCUT2D eigenvalue weighted by Crippen LogP contribution is 2.16. The Bertz CT molecular complexity index is 243. The molecular formula is C8H14BNO4. The Balaban J connectivity index is 2.73. The molecule has 0 radical (unpaired) electrons. The summed E-state index contributed by atoms with van der Waals surface area (Å²) < 4.78 is 4.57. The summed E-state index contributed by atoms with van der Waals surface area (Å²) in [4.78, 5) is 24.0. The minimum atomic E-state index is -0.729. The van der Waals surface area contributed by atoms with Gasteiger partial charge >= 0.3 is 13.0 Å². The van der Waals surface area contributed by atoms with Crippen molar-refractivity contribution >= 4 is 18.8 Å². The first kappa shape index (κ1) is 11.2. The molecule has 1 saturated heterocycles. The number of esters is 1. The highest BCUT2D eigenvalue weighted by Gasteiger charge is 2.36. The van der Waals surface area contributed by atoms with Crippen LogP contribution in [0.4, 0.5) is 0 Å². The van der Waals surface area contributed by atoms with Gasteiger partial charge in [0.1, 0.15) is 11.8 Å². The van der Waals surface area contributed by atoms with E-state index in [1.165, 1.54) is 7.11 Å². The van der Waals surface area contributed by atoms with Gasteiger partial charge in [-0.15, -0.1) is 0 Å². The number of rotatable bonds is 2. The molecule has 0 aromatic carbocycles. The lowest BCUT2D eigenvalue weighted by atomic mass is 9.79. The number of ketones is 1. The average molecular weight is 199 g/mol. The highest BCUT2D eigenvalue weighted by molar-refractivity contribution is 6.46. The van der Waals surface area contributed by atoms with Crippen molar-refractivity contribution in [2.45, 2.75) is 25.7 Å². The van der Waals surface area contributed by atoms with Gasteiger partial charge < -0.3 is 14.6 Å². The molecule has 1 fully saturated rings. The van der Waals surface area contributed by atoms with E-state index in [2.05, 4.69) is 4.74 Å². The van der Waals surface area contributed by atoms with Crippen LogP contribution >= 0.6 is 0 Å². The second-order valence-corrected chi connectivity index (χ2v) is 3.40. The number of Topliss-reactive ketones (excluding diaryl/α,β-unsaturated/α-hetero) is 1. The van der Waals surface area contributed by atoms with Gasteiger partial charge in [0.15, 0.2) is 0 Å². The molecule has 1 atom stereocenters. The lowest BCUT2D eigenvalue weighted by Crippen LogP contribution is -2.53. The summed E-state index contributed by atoms with van der Waals surface area (Å²) in [5.41, 5.74) is 0. The fourth-order valence-electron chi connectivity index (χ4n) is 1.65. The summed E-state index contributed by atoms with van der Waals surface area (Å²) in [6, 6.07) is -0.624. The van der Waals surface area contributed by atoms with Crippen molar-refractivity contribution in [2.75, 3.05) is 13.7 Å². The Morgan fingerprint density at radius 1 is 1.71 bits per heavy atom. The largest absolute Gasteiger partial charge is 0.468 e. The van der Waals surface area contributed by atoms with Gasteiger partial charge in [-0.25, -0.2) is 0 Å². The molecule has 14 heavy (non-hydrogen) atoms. The normalized spacial score (nSPS) is 23.4. The quantitative estimate of drug-likeness (QED) is 0.470. The van der Waals surface area contributed by atoms with E-state index in [0.29, 0.717) is 13.0 Å². The third kappa shape index (κ3) is 2.33. The predicted octanol–water partition coefficient (Wildman–Crippen LogP) is -0.697. The molecule has 0 aromatic rings. The maximum atomic E-state index is 11.3. The maximum Gasteiger partial charge on any atom is 0.377 e. The molecule has 0 bridgehead atoms. The van der Waals surface area contributed by atoms with Crippen LogP contribution in [0.5, 0.6) is 0 Å². The van der Waals surface area contributed by atoms with Crippen LogP contribution in [0.1, 0.15) is 12.8 Å². The van der Waals surface area contributed by atoms with Gasteiger partial charge in [0.25, 0.3) is 0 Å². The first-order valence-corrected chi connectivity index (χ1v) is 4.59. The minimum absolute atomic E-state index is 0.0392. The molecular weight excluding hydrogens is 185 g/mol. The van der Waals surface area contributed by atoms with Crippen LogP contribution in [0.25, 0.3) is 0 Å². The van der Waals surface area contributed by atoms with E-state index >= 15 is 0 Å². The Labute approximate surface area is 83.2 Å². The van der Waals surface area contributed by atoms with Gasteiger partial charge in [0.2, 0.25) is 0 Å². The number of piperidine rings is 1. The van der Waals surface area contributed by atoms with Crippen molar-refractivity contribution in [3.63, 3.8) is 0 Å². The molecule has 1 aliphatic heterocycles. The molecule has 1 aliphatic rings. The van der Waals surface area contributed by atoms with Gasteiger partial charge in [0.05, 0.1) is 7.11 Å². The molecule has 0 aromatic heterocycles. The van der Waals surface area contributed by atoms with Crippen molar-refractivity contribution in [3.05, 3.63) is 0 Å². The average Bonchev–Trinajstić information content (AvgIpc) is 2.16. The number of hydrogen-bond donors (Lipinski definition) is 1.